The molecule has 0 aromatic heterocycles. The largest absolute Gasteiger partial charge is 0.460 e. The molecule has 2 rings (SSSR count). The predicted molar refractivity (Wildman–Crippen MR) is 90.9 cm³/mol. The van der Waals surface area contributed by atoms with Crippen molar-refractivity contribution in [1.82, 2.24) is 0 Å². The van der Waals surface area contributed by atoms with Gasteiger partial charge in [-0.1, -0.05) is 48.0 Å². The van der Waals surface area contributed by atoms with Crippen LogP contribution >= 0.6 is 0 Å². The van der Waals surface area contributed by atoms with Gasteiger partial charge in [0.1, 0.15) is 12.6 Å². The fraction of sp³-hybridized carbons (Fsp3) is 0.235. The standard InChI is InChI=1S/C10H13NO2.C7H8O3S/c1-8(11)10(12)13-7-9-5-3-2-4-6-9;1-6-2-4-7(5-3-6)11(8,9)10/h2-6,8H,7,11H2,1H3;2-5H,1H3,(H,8,9,10). The maximum Gasteiger partial charge on any atom is 0.322 e. The molecule has 7 heteroatoms. The SMILES string of the molecule is CC(N)C(=O)OCc1ccccc1.Cc1ccc(S(=O)(=O)O)cc1. The van der Waals surface area contributed by atoms with Crippen molar-refractivity contribution >= 4 is 16.1 Å². The van der Waals surface area contributed by atoms with Gasteiger partial charge in [-0.3, -0.25) is 9.35 Å². The van der Waals surface area contributed by atoms with Crippen LogP contribution in [0.2, 0.25) is 0 Å². The average Bonchev–Trinajstić information content (AvgIpc) is 2.53. The summed E-state index contributed by atoms with van der Waals surface area (Å²) in [6.45, 7) is 3.74. The van der Waals surface area contributed by atoms with Gasteiger partial charge in [0.25, 0.3) is 10.1 Å². The van der Waals surface area contributed by atoms with E-state index in [1.54, 1.807) is 19.1 Å². The first kappa shape index (κ1) is 19.8. The van der Waals surface area contributed by atoms with E-state index in [4.69, 9.17) is 15.0 Å². The molecule has 0 fully saturated rings. The van der Waals surface area contributed by atoms with Gasteiger partial charge in [0, 0.05) is 0 Å². The number of benzene rings is 2. The molecule has 2 aromatic rings. The van der Waals surface area contributed by atoms with Crippen molar-refractivity contribution in [3.63, 3.8) is 0 Å². The van der Waals surface area contributed by atoms with Gasteiger partial charge in [0.2, 0.25) is 0 Å². The van der Waals surface area contributed by atoms with Crippen molar-refractivity contribution in [2.24, 2.45) is 5.73 Å². The smallest absolute Gasteiger partial charge is 0.322 e. The van der Waals surface area contributed by atoms with Crippen LogP contribution in [0.15, 0.2) is 59.5 Å². The maximum absolute atomic E-state index is 11.0. The maximum atomic E-state index is 11.0. The third-order valence-electron chi connectivity index (χ3n) is 2.91. The summed E-state index contributed by atoms with van der Waals surface area (Å²) in [7, 11) is -4.02. The molecule has 0 saturated heterocycles. The first-order valence-corrected chi connectivity index (χ1v) is 8.64. The minimum absolute atomic E-state index is 0.0666. The van der Waals surface area contributed by atoms with Crippen LogP contribution < -0.4 is 5.73 Å². The summed E-state index contributed by atoms with van der Waals surface area (Å²) in [5.74, 6) is -0.371. The molecule has 0 aliphatic rings. The second-order valence-electron chi connectivity index (χ2n) is 5.17. The highest BCUT2D eigenvalue weighted by Gasteiger charge is 2.08. The number of rotatable bonds is 4. The van der Waals surface area contributed by atoms with E-state index in [2.05, 4.69) is 0 Å². The Morgan fingerprint density at radius 1 is 1.12 bits per heavy atom. The van der Waals surface area contributed by atoms with E-state index in [1.807, 2.05) is 37.3 Å². The average molecular weight is 351 g/mol. The van der Waals surface area contributed by atoms with Crippen LogP contribution in [0, 0.1) is 6.92 Å². The van der Waals surface area contributed by atoms with Gasteiger partial charge in [0.05, 0.1) is 4.90 Å². The fourth-order valence-electron chi connectivity index (χ4n) is 1.57. The first-order chi connectivity index (χ1) is 11.2. The van der Waals surface area contributed by atoms with Crippen LogP contribution in [0.25, 0.3) is 0 Å². The van der Waals surface area contributed by atoms with E-state index >= 15 is 0 Å². The summed E-state index contributed by atoms with van der Waals surface area (Å²) >= 11 is 0. The number of carbonyl (C=O) groups is 1. The number of carbonyl (C=O) groups excluding carboxylic acids is 1. The summed E-state index contributed by atoms with van der Waals surface area (Å²) in [5, 5.41) is 0. The molecule has 2 aromatic carbocycles. The lowest BCUT2D eigenvalue weighted by atomic mass is 10.2. The third kappa shape index (κ3) is 7.36. The van der Waals surface area contributed by atoms with Crippen LogP contribution in [-0.4, -0.2) is 25.0 Å². The highest BCUT2D eigenvalue weighted by molar-refractivity contribution is 7.85. The zero-order valence-electron chi connectivity index (χ0n) is 13.5. The second kappa shape index (κ2) is 9.17. The zero-order valence-corrected chi connectivity index (χ0v) is 14.4. The lowest BCUT2D eigenvalue weighted by Gasteiger charge is -2.06. The molecule has 3 N–H and O–H groups in total. The minimum Gasteiger partial charge on any atom is -0.460 e. The highest BCUT2D eigenvalue weighted by atomic mass is 32.2. The molecule has 0 amide bonds. The summed E-state index contributed by atoms with van der Waals surface area (Å²) in [4.78, 5) is 10.9. The lowest BCUT2D eigenvalue weighted by molar-refractivity contribution is -0.146. The molecular formula is C17H21NO5S. The van der Waals surface area contributed by atoms with Gasteiger partial charge < -0.3 is 10.5 Å². The summed E-state index contributed by atoms with van der Waals surface area (Å²) in [6, 6.07) is 14.9. The first-order valence-electron chi connectivity index (χ1n) is 7.20. The van der Waals surface area contributed by atoms with Crippen LogP contribution in [0.3, 0.4) is 0 Å². The highest BCUT2D eigenvalue weighted by Crippen LogP contribution is 2.08. The molecule has 0 bridgehead atoms. The number of nitrogens with two attached hydrogens (primary N) is 1. The molecule has 130 valence electrons. The number of hydrogen-bond acceptors (Lipinski definition) is 5. The Bertz CT molecular complexity index is 740. The molecule has 24 heavy (non-hydrogen) atoms. The summed E-state index contributed by atoms with van der Waals surface area (Å²) in [5.41, 5.74) is 7.25. The van der Waals surface area contributed by atoms with Gasteiger partial charge in [-0.2, -0.15) is 8.42 Å². The Labute approximate surface area is 142 Å². The van der Waals surface area contributed by atoms with Crippen molar-refractivity contribution in [1.29, 1.82) is 0 Å². The van der Waals surface area contributed by atoms with Crippen molar-refractivity contribution < 1.29 is 22.5 Å². The van der Waals surface area contributed by atoms with E-state index in [9.17, 15) is 13.2 Å². The number of aryl methyl sites for hydroxylation is 1. The van der Waals surface area contributed by atoms with E-state index in [0.29, 0.717) is 6.61 Å². The zero-order chi connectivity index (χ0) is 18.2. The Morgan fingerprint density at radius 3 is 2.12 bits per heavy atom. The Kier molecular flexibility index (Phi) is 7.57. The van der Waals surface area contributed by atoms with Gasteiger partial charge in [-0.25, -0.2) is 0 Å². The third-order valence-corrected chi connectivity index (χ3v) is 3.78. The normalized spacial score (nSPS) is 11.8. The van der Waals surface area contributed by atoms with Gasteiger partial charge in [-0.15, -0.1) is 0 Å². The van der Waals surface area contributed by atoms with E-state index < -0.39 is 16.2 Å². The summed E-state index contributed by atoms with van der Waals surface area (Å²) < 4.78 is 34.5. The molecule has 0 aliphatic heterocycles. The fourth-order valence-corrected chi connectivity index (χ4v) is 2.05. The molecular weight excluding hydrogens is 330 g/mol. The van der Waals surface area contributed by atoms with E-state index in [0.717, 1.165) is 11.1 Å². The predicted octanol–water partition coefficient (Wildman–Crippen LogP) is 2.32. The second-order valence-corrected chi connectivity index (χ2v) is 6.59. The quantitative estimate of drug-likeness (QED) is 0.647. The van der Waals surface area contributed by atoms with E-state index in [1.165, 1.54) is 12.1 Å². The number of hydrogen-bond donors (Lipinski definition) is 2. The van der Waals surface area contributed by atoms with Gasteiger partial charge in [0.15, 0.2) is 0 Å². The lowest BCUT2D eigenvalue weighted by Crippen LogP contribution is -2.28. The molecule has 0 radical (unpaired) electrons. The van der Waals surface area contributed by atoms with Crippen LogP contribution in [0.4, 0.5) is 0 Å². The van der Waals surface area contributed by atoms with Crippen LogP contribution in [0.5, 0.6) is 0 Å². The molecule has 0 aliphatic carbocycles. The summed E-state index contributed by atoms with van der Waals surface area (Å²) in [6.07, 6.45) is 0. The molecule has 1 unspecified atom stereocenters. The van der Waals surface area contributed by atoms with Crippen LogP contribution in [-0.2, 0) is 26.3 Å². The van der Waals surface area contributed by atoms with Crippen molar-refractivity contribution in [2.45, 2.75) is 31.4 Å². The molecule has 1 atom stereocenters. The van der Waals surface area contributed by atoms with Crippen LogP contribution in [0.1, 0.15) is 18.1 Å². The topological polar surface area (TPSA) is 107 Å². The molecule has 0 spiro atoms. The Balaban J connectivity index is 0.000000243. The molecule has 0 saturated carbocycles. The number of esters is 1. The minimum atomic E-state index is -4.02. The number of ether oxygens (including phenoxy) is 1. The van der Waals surface area contributed by atoms with Crippen molar-refractivity contribution in [3.8, 4) is 0 Å². The van der Waals surface area contributed by atoms with E-state index in [-0.39, 0.29) is 10.9 Å². The van der Waals surface area contributed by atoms with Gasteiger partial charge in [-0.05, 0) is 31.5 Å². The van der Waals surface area contributed by atoms with Crippen molar-refractivity contribution in [3.05, 3.63) is 65.7 Å². The monoisotopic (exact) mass is 351 g/mol. The molecule has 6 nitrogen and oxygen atoms in total. The molecule has 0 heterocycles. The van der Waals surface area contributed by atoms with Gasteiger partial charge >= 0.3 is 5.97 Å². The Morgan fingerprint density at radius 2 is 1.67 bits per heavy atom. The Hall–Kier alpha value is -2.22. The van der Waals surface area contributed by atoms with Crippen molar-refractivity contribution in [2.75, 3.05) is 0 Å².